The van der Waals surface area contributed by atoms with Crippen molar-refractivity contribution in [1.82, 2.24) is 0 Å². The number of hydrogen-bond donors (Lipinski definition) is 0. The van der Waals surface area contributed by atoms with E-state index in [-0.39, 0.29) is 17.1 Å². The fraction of sp³-hybridized carbons (Fsp3) is 0.265. The molecule has 0 saturated heterocycles. The van der Waals surface area contributed by atoms with Gasteiger partial charge in [0.05, 0.1) is 0 Å². The van der Waals surface area contributed by atoms with Crippen LogP contribution in [0.3, 0.4) is 0 Å². The molecule has 4 heteroatoms. The Labute approximate surface area is 247 Å². The van der Waals surface area contributed by atoms with Crippen LogP contribution in [0, 0.1) is 43.4 Å². The van der Waals surface area contributed by atoms with Gasteiger partial charge in [0.2, 0.25) is 0 Å². The molecule has 0 spiro atoms. The summed E-state index contributed by atoms with van der Waals surface area (Å²) in [4.78, 5) is 0. The maximum atomic E-state index is 7.50. The first-order valence-electron chi connectivity index (χ1n) is 13.1. The van der Waals surface area contributed by atoms with Crippen LogP contribution < -0.4 is 10.7 Å². The average Bonchev–Trinajstić information content (AvgIpc) is 3.18. The zero-order valence-corrected chi connectivity index (χ0v) is 25.7. The van der Waals surface area contributed by atoms with Crippen molar-refractivity contribution in [3.63, 3.8) is 0 Å². The fourth-order valence-corrected chi connectivity index (χ4v) is 12.9. The third-order valence-electron chi connectivity index (χ3n) is 7.17. The van der Waals surface area contributed by atoms with Gasteiger partial charge in [-0.05, 0) is 55.8 Å². The second kappa shape index (κ2) is 18.7. The van der Waals surface area contributed by atoms with E-state index in [9.17, 15) is 0 Å². The summed E-state index contributed by atoms with van der Waals surface area (Å²) >= 11 is -1.98. The summed E-state index contributed by atoms with van der Waals surface area (Å²) in [5, 5.41) is 0. The Balaban J connectivity index is 0.000000238. The van der Waals surface area contributed by atoms with Crippen molar-refractivity contribution < 1.29 is 26.4 Å². The van der Waals surface area contributed by atoms with Crippen molar-refractivity contribution in [3.05, 3.63) is 134 Å². The Hall–Kier alpha value is -1.54. The number of rotatable bonds is 3. The Bertz CT molecular complexity index is 954. The van der Waals surface area contributed by atoms with Gasteiger partial charge >= 0.3 is 144 Å². The van der Waals surface area contributed by atoms with Crippen molar-refractivity contribution in [2.75, 3.05) is 0 Å². The van der Waals surface area contributed by atoms with E-state index in [1.54, 1.807) is 23.7 Å². The molecule has 3 aliphatic rings. The van der Waals surface area contributed by atoms with E-state index in [2.05, 4.69) is 111 Å². The molecule has 2 nitrogen and oxygen atoms in total. The molecule has 38 heavy (non-hydrogen) atoms. The van der Waals surface area contributed by atoms with Gasteiger partial charge in [0, 0.05) is 17.1 Å². The predicted octanol–water partition coefficient (Wildman–Crippen LogP) is 6.17. The molecule has 0 atom stereocenters. The standard InChI is InChI=1S/C14H19.3C6H5.2CO.Fe.Sn/c1-2-6-11-10-12-7-4-5-9-14(12)13(11)8-3-1;3*1-2-4-6-5-3-1;2*1-2;;/h10H,1-9H2;3*1-5H;;;;. The SMILES string of the molecule is [C-]#[O+].[C-]#[O+].[CH]1[C]2CCCCC[C]2[C]2CCCC[C]12.[Fe].c1cc[c]([Sn]([c]2ccccc2)[c]2ccccc2)cc1. The summed E-state index contributed by atoms with van der Waals surface area (Å²) in [6.45, 7) is 9.00. The van der Waals surface area contributed by atoms with E-state index in [1.165, 1.54) is 68.5 Å². The van der Waals surface area contributed by atoms with Gasteiger partial charge in [0.25, 0.3) is 0 Å². The minimum absolute atomic E-state index is 0. The van der Waals surface area contributed by atoms with Crippen LogP contribution in [-0.2, 0) is 26.4 Å². The first kappa shape index (κ1) is 32.7. The molecule has 0 aromatic heterocycles. The molecule has 3 aromatic carbocycles. The van der Waals surface area contributed by atoms with Crippen LogP contribution in [-0.4, -0.2) is 19.8 Å². The number of benzene rings is 3. The summed E-state index contributed by atoms with van der Waals surface area (Å²) in [7, 11) is 0. The molecule has 6 radical (unpaired) electrons. The fourth-order valence-electron chi connectivity index (χ4n) is 5.57. The van der Waals surface area contributed by atoms with Gasteiger partial charge in [0.15, 0.2) is 0 Å². The van der Waals surface area contributed by atoms with Crippen LogP contribution in [0.5, 0.6) is 0 Å². The van der Waals surface area contributed by atoms with Gasteiger partial charge in [-0.25, -0.2) is 0 Å². The number of hydrogen-bond acceptors (Lipinski definition) is 0. The minimum atomic E-state index is -1.98. The van der Waals surface area contributed by atoms with E-state index in [4.69, 9.17) is 9.30 Å². The first-order valence-corrected chi connectivity index (χ1v) is 17.4. The molecule has 0 bridgehead atoms. The average molecular weight is 649 g/mol. The topological polar surface area (TPSA) is 39.8 Å². The monoisotopic (exact) mass is 650 g/mol. The van der Waals surface area contributed by atoms with Crippen molar-refractivity contribution in [2.24, 2.45) is 0 Å². The Morgan fingerprint density at radius 3 is 1.16 bits per heavy atom. The third-order valence-corrected chi connectivity index (χ3v) is 15.0. The summed E-state index contributed by atoms with van der Waals surface area (Å²) < 4.78 is 19.6. The van der Waals surface area contributed by atoms with Gasteiger partial charge in [-0.1, -0.05) is 32.1 Å². The predicted molar refractivity (Wildman–Crippen MR) is 151 cm³/mol. The van der Waals surface area contributed by atoms with Gasteiger partial charge in [-0.3, -0.25) is 0 Å². The zero-order chi connectivity index (χ0) is 26.3. The molecule has 3 saturated carbocycles. The van der Waals surface area contributed by atoms with Gasteiger partial charge in [-0.15, -0.1) is 0 Å². The Kier molecular flexibility index (Phi) is 16.1. The van der Waals surface area contributed by atoms with Gasteiger partial charge in [-0.2, -0.15) is 0 Å². The quantitative estimate of drug-likeness (QED) is 0.185. The van der Waals surface area contributed by atoms with Crippen molar-refractivity contribution in [1.29, 1.82) is 0 Å². The van der Waals surface area contributed by atoms with Gasteiger partial charge in [0.1, 0.15) is 0 Å². The maximum absolute atomic E-state index is 7.50. The van der Waals surface area contributed by atoms with Crippen LogP contribution in [0.15, 0.2) is 91.0 Å². The second-order valence-corrected chi connectivity index (χ2v) is 16.5. The van der Waals surface area contributed by atoms with Crippen molar-refractivity contribution >= 4 is 30.5 Å². The van der Waals surface area contributed by atoms with E-state index < -0.39 is 19.8 Å². The van der Waals surface area contributed by atoms with Crippen LogP contribution in [0.1, 0.15) is 57.8 Å². The molecule has 194 valence electrons. The van der Waals surface area contributed by atoms with E-state index in [1.807, 2.05) is 0 Å². The van der Waals surface area contributed by atoms with E-state index in [0.29, 0.717) is 0 Å². The summed E-state index contributed by atoms with van der Waals surface area (Å²) in [5.41, 5.74) is 0. The van der Waals surface area contributed by atoms with Crippen LogP contribution in [0.4, 0.5) is 0 Å². The van der Waals surface area contributed by atoms with E-state index >= 15 is 0 Å². The molecule has 0 amide bonds. The molecule has 0 N–H and O–H groups in total. The molecular weight excluding hydrogens is 615 g/mol. The summed E-state index contributed by atoms with van der Waals surface area (Å²) in [6, 6.07) is 32.9. The number of fused-ring (bicyclic) bond motifs is 3. The van der Waals surface area contributed by atoms with E-state index in [0.717, 1.165) is 0 Å². The Morgan fingerprint density at radius 2 is 0.763 bits per heavy atom. The molecule has 3 fully saturated rings. The first-order chi connectivity index (χ1) is 18.4. The van der Waals surface area contributed by atoms with Crippen molar-refractivity contribution in [2.45, 2.75) is 57.8 Å². The second-order valence-electron chi connectivity index (χ2n) is 9.39. The molecule has 3 aromatic rings. The summed E-state index contributed by atoms with van der Waals surface area (Å²) in [5.74, 6) is 6.97. The zero-order valence-electron chi connectivity index (χ0n) is 21.8. The summed E-state index contributed by atoms with van der Waals surface area (Å²) in [6.07, 6.45) is 15.2. The van der Waals surface area contributed by atoms with Crippen LogP contribution in [0.2, 0.25) is 0 Å². The normalized spacial score (nSPS) is 17.4. The molecule has 0 aliphatic heterocycles. The van der Waals surface area contributed by atoms with Crippen LogP contribution in [0.25, 0.3) is 0 Å². The van der Waals surface area contributed by atoms with Crippen LogP contribution >= 0.6 is 0 Å². The molecular formula is C34H34FeO2Sn. The van der Waals surface area contributed by atoms with Crippen molar-refractivity contribution in [3.8, 4) is 0 Å². The third kappa shape index (κ3) is 9.00. The molecule has 0 unspecified atom stereocenters. The molecule has 0 heterocycles. The molecule has 3 aliphatic carbocycles. The molecule has 6 rings (SSSR count). The van der Waals surface area contributed by atoms with Gasteiger partial charge < -0.3 is 0 Å². The Morgan fingerprint density at radius 1 is 0.447 bits per heavy atom.